The first kappa shape index (κ1) is 37.7. The van der Waals surface area contributed by atoms with Gasteiger partial charge in [-0.2, -0.15) is 10.5 Å². The Bertz CT molecular complexity index is 4220. The zero-order chi connectivity index (χ0) is 45.0. The number of fused-ring (bicyclic) bond motifs is 14. The van der Waals surface area contributed by atoms with E-state index in [-0.39, 0.29) is 0 Å². The molecular weight excluding hydrogens is 829 g/mol. The molecule has 14 aromatic rings. The van der Waals surface area contributed by atoms with Gasteiger partial charge in [0, 0.05) is 65.6 Å². The van der Waals surface area contributed by atoms with Crippen molar-refractivity contribution in [1.29, 1.82) is 10.5 Å². The van der Waals surface area contributed by atoms with Crippen LogP contribution in [-0.2, 0) is 0 Å². The molecule has 0 fully saturated rings. The van der Waals surface area contributed by atoms with E-state index >= 15 is 0 Å². The lowest BCUT2D eigenvalue weighted by molar-refractivity contribution is 1.16. The smallest absolute Gasteiger partial charge is 0.0991 e. The molecule has 6 nitrogen and oxygen atoms in total. The molecule has 0 aliphatic carbocycles. The van der Waals surface area contributed by atoms with E-state index in [0.717, 1.165) is 121 Å². The number of para-hydroxylation sites is 6. The maximum Gasteiger partial charge on any atom is 0.0991 e. The summed E-state index contributed by atoms with van der Waals surface area (Å²) in [7, 11) is 0. The first-order valence-electron chi connectivity index (χ1n) is 22.8. The second-order valence-electron chi connectivity index (χ2n) is 17.5. The summed E-state index contributed by atoms with van der Waals surface area (Å²) in [6, 6.07) is 81.7. The first-order valence-corrected chi connectivity index (χ1v) is 22.8. The summed E-state index contributed by atoms with van der Waals surface area (Å²) in [6.07, 6.45) is 0. The molecule has 14 rings (SSSR count). The SMILES string of the molecule is N#Cc1ccc(-n2c3ccccc3c3ccc4c(c5ccccc5n4-c4ccccc4)c32)c(-c2cc(C#N)ccc2-n2c3ccccc3c3ccc4c(c5ccccc5n4-c4ccccc4)c32)c1. The minimum absolute atomic E-state index is 0.527. The van der Waals surface area contributed by atoms with E-state index in [1.807, 2.05) is 24.3 Å². The number of hydrogen-bond acceptors (Lipinski definition) is 2. The third-order valence-electron chi connectivity index (χ3n) is 14.0. The van der Waals surface area contributed by atoms with Gasteiger partial charge in [-0.05, 0) is 97.1 Å². The van der Waals surface area contributed by atoms with E-state index in [1.165, 1.54) is 0 Å². The van der Waals surface area contributed by atoms with Gasteiger partial charge in [0.2, 0.25) is 0 Å². The van der Waals surface area contributed by atoms with Gasteiger partial charge in [0.15, 0.2) is 0 Å². The fraction of sp³-hybridized carbons (Fsp3) is 0. The molecule has 0 saturated carbocycles. The highest BCUT2D eigenvalue weighted by molar-refractivity contribution is 6.28. The molecule has 10 aromatic carbocycles. The molecule has 0 atom stereocenters. The molecule has 0 aliphatic heterocycles. The summed E-state index contributed by atoms with van der Waals surface area (Å²) in [6.45, 7) is 0. The number of benzene rings is 10. The molecule has 0 N–H and O–H groups in total. The number of hydrogen-bond donors (Lipinski definition) is 0. The maximum absolute atomic E-state index is 10.7. The number of nitriles is 2. The van der Waals surface area contributed by atoms with Gasteiger partial charge < -0.3 is 18.3 Å². The second kappa shape index (κ2) is 14.4. The van der Waals surface area contributed by atoms with Crippen molar-refractivity contribution in [2.45, 2.75) is 0 Å². The summed E-state index contributed by atoms with van der Waals surface area (Å²) < 4.78 is 9.51. The van der Waals surface area contributed by atoms with Gasteiger partial charge >= 0.3 is 0 Å². The molecule has 314 valence electrons. The van der Waals surface area contributed by atoms with E-state index in [4.69, 9.17) is 0 Å². The zero-order valence-corrected chi connectivity index (χ0v) is 36.5. The van der Waals surface area contributed by atoms with Crippen molar-refractivity contribution >= 4 is 87.2 Å². The van der Waals surface area contributed by atoms with Gasteiger partial charge in [-0.3, -0.25) is 0 Å². The standard InChI is InChI=1S/C62H36N6/c63-37-39-27-31-55(67-51-23-11-7-19-43(51)45-29-33-57-59(61(45)67)47-21-9-13-25-53(47)65(57)41-15-3-1-4-16-41)49(35-39)50-36-40(38-64)28-32-56(50)68-52-24-12-8-20-44(52)46-30-34-58-60(62(46)68)48-22-10-14-26-54(48)66(58)42-17-5-2-6-18-42/h1-36H. The zero-order valence-electron chi connectivity index (χ0n) is 36.5. The predicted molar refractivity (Wildman–Crippen MR) is 279 cm³/mol. The van der Waals surface area contributed by atoms with Gasteiger partial charge in [-0.25, -0.2) is 0 Å². The summed E-state index contributed by atoms with van der Waals surface area (Å²) in [4.78, 5) is 0. The fourth-order valence-electron chi connectivity index (χ4n) is 11.3. The average molecular weight is 865 g/mol. The molecule has 0 bridgehead atoms. The van der Waals surface area contributed by atoms with Crippen LogP contribution in [0.3, 0.4) is 0 Å². The molecule has 0 unspecified atom stereocenters. The van der Waals surface area contributed by atoms with Crippen molar-refractivity contribution in [2.24, 2.45) is 0 Å². The highest BCUT2D eigenvalue weighted by atomic mass is 15.0. The van der Waals surface area contributed by atoms with Crippen LogP contribution in [-0.4, -0.2) is 18.3 Å². The van der Waals surface area contributed by atoms with Crippen molar-refractivity contribution in [3.8, 4) is 46.0 Å². The Morgan fingerprint density at radius 3 is 1.03 bits per heavy atom. The lowest BCUT2D eigenvalue weighted by atomic mass is 9.96. The third-order valence-corrected chi connectivity index (χ3v) is 14.0. The quantitative estimate of drug-likeness (QED) is 0.173. The molecular formula is C62H36N6. The van der Waals surface area contributed by atoms with Crippen LogP contribution in [0, 0.1) is 22.7 Å². The van der Waals surface area contributed by atoms with Crippen LogP contribution in [0.5, 0.6) is 0 Å². The molecule has 0 saturated heterocycles. The van der Waals surface area contributed by atoms with Crippen molar-refractivity contribution in [3.63, 3.8) is 0 Å². The van der Waals surface area contributed by atoms with Crippen LogP contribution in [0.4, 0.5) is 0 Å². The highest BCUT2D eigenvalue weighted by Gasteiger charge is 2.26. The van der Waals surface area contributed by atoms with Gasteiger partial charge in [0.1, 0.15) is 0 Å². The Labute approximate surface area is 389 Å². The lowest BCUT2D eigenvalue weighted by Gasteiger charge is -2.20. The normalized spacial score (nSPS) is 11.8. The van der Waals surface area contributed by atoms with Crippen molar-refractivity contribution in [2.75, 3.05) is 0 Å². The van der Waals surface area contributed by atoms with Crippen molar-refractivity contribution in [3.05, 3.63) is 230 Å². The molecule has 68 heavy (non-hydrogen) atoms. The van der Waals surface area contributed by atoms with Gasteiger partial charge in [0.05, 0.1) is 78.8 Å². The summed E-state index contributed by atoms with van der Waals surface area (Å²) >= 11 is 0. The van der Waals surface area contributed by atoms with Crippen LogP contribution in [0.25, 0.3) is 121 Å². The van der Waals surface area contributed by atoms with E-state index in [0.29, 0.717) is 11.1 Å². The second-order valence-corrected chi connectivity index (χ2v) is 17.5. The van der Waals surface area contributed by atoms with E-state index in [9.17, 15) is 10.5 Å². The van der Waals surface area contributed by atoms with Gasteiger partial charge in [-0.1, -0.05) is 121 Å². The Morgan fingerprint density at radius 1 is 0.279 bits per heavy atom. The largest absolute Gasteiger partial charge is 0.309 e. The van der Waals surface area contributed by atoms with Crippen LogP contribution in [0.2, 0.25) is 0 Å². The van der Waals surface area contributed by atoms with Crippen LogP contribution < -0.4 is 0 Å². The molecule has 0 spiro atoms. The maximum atomic E-state index is 10.7. The molecule has 0 amide bonds. The van der Waals surface area contributed by atoms with Crippen LogP contribution in [0.1, 0.15) is 11.1 Å². The van der Waals surface area contributed by atoms with Gasteiger partial charge in [0.25, 0.3) is 0 Å². The summed E-state index contributed by atoms with van der Waals surface area (Å²) in [5, 5.41) is 30.4. The average Bonchev–Trinajstić information content (AvgIpc) is 4.14. The third kappa shape index (κ3) is 5.20. The minimum Gasteiger partial charge on any atom is -0.309 e. The number of nitrogens with zero attached hydrogens (tertiary/aromatic N) is 6. The number of aromatic nitrogens is 4. The Hall–Kier alpha value is -9.62. The molecule has 4 heterocycles. The van der Waals surface area contributed by atoms with E-state index in [1.54, 1.807) is 0 Å². The van der Waals surface area contributed by atoms with Gasteiger partial charge in [-0.15, -0.1) is 0 Å². The van der Waals surface area contributed by atoms with Crippen LogP contribution in [0.15, 0.2) is 218 Å². The first-order chi connectivity index (χ1) is 33.7. The van der Waals surface area contributed by atoms with Crippen molar-refractivity contribution in [1.82, 2.24) is 18.3 Å². The Morgan fingerprint density at radius 2 is 0.632 bits per heavy atom. The number of rotatable bonds is 5. The predicted octanol–water partition coefficient (Wildman–Crippen LogP) is 15.5. The Balaban J connectivity index is 1.14. The van der Waals surface area contributed by atoms with Crippen molar-refractivity contribution < 1.29 is 0 Å². The minimum atomic E-state index is 0.527. The topological polar surface area (TPSA) is 67.3 Å². The molecule has 6 heteroatoms. The fourth-order valence-corrected chi connectivity index (χ4v) is 11.3. The van der Waals surface area contributed by atoms with Crippen LogP contribution >= 0.6 is 0 Å². The lowest BCUT2D eigenvalue weighted by Crippen LogP contribution is -2.03. The highest BCUT2D eigenvalue weighted by Crippen LogP contribution is 2.47. The monoisotopic (exact) mass is 864 g/mol. The summed E-state index contributed by atoms with van der Waals surface area (Å²) in [5.74, 6) is 0. The molecule has 0 radical (unpaired) electrons. The molecule has 0 aliphatic rings. The Kier molecular flexibility index (Phi) is 8.01. The van der Waals surface area contributed by atoms with E-state index < -0.39 is 0 Å². The van der Waals surface area contributed by atoms with E-state index in [2.05, 4.69) is 225 Å². The molecule has 4 aromatic heterocycles. The summed E-state index contributed by atoms with van der Waals surface area (Å²) in [5.41, 5.74) is 15.4.